The summed E-state index contributed by atoms with van der Waals surface area (Å²) in [5.74, 6) is 0.435. The van der Waals surface area contributed by atoms with Crippen LogP contribution in [0.1, 0.15) is 48.3 Å². The molecule has 0 radical (unpaired) electrons. The zero-order valence-corrected chi connectivity index (χ0v) is 19.7. The molecule has 1 N–H and O–H groups in total. The molecule has 2 heterocycles. The molecule has 164 valence electrons. The summed E-state index contributed by atoms with van der Waals surface area (Å²) >= 11 is 2.30. The van der Waals surface area contributed by atoms with Crippen molar-refractivity contribution in [2.24, 2.45) is 0 Å². The van der Waals surface area contributed by atoms with Crippen LogP contribution < -0.4 is 0 Å². The maximum absolute atomic E-state index is 13.1. The van der Waals surface area contributed by atoms with E-state index in [9.17, 15) is 9.90 Å². The number of carbonyl (C=O) groups is 1. The molecule has 0 aliphatic carbocycles. The maximum atomic E-state index is 13.1. The van der Waals surface area contributed by atoms with Crippen LogP contribution in [0.5, 0.6) is 0 Å². The topological polar surface area (TPSA) is 59.0 Å². The Hall–Kier alpha value is -1.90. The third-order valence-corrected chi connectivity index (χ3v) is 6.57. The number of likely N-dealkylation sites (tertiary alicyclic amines) is 1. The summed E-state index contributed by atoms with van der Waals surface area (Å²) in [5.41, 5.74) is 3.03. The molecular weight excluding hydrogens is 505 g/mol. The number of amides is 1. The first kappa shape index (κ1) is 22.3. The summed E-state index contributed by atoms with van der Waals surface area (Å²) < 4.78 is 13.3. The van der Waals surface area contributed by atoms with E-state index >= 15 is 0 Å². The number of nitrogens with zero attached hydrogens (tertiary/aromatic N) is 1. The van der Waals surface area contributed by atoms with Gasteiger partial charge in [0.25, 0.3) is 5.91 Å². The van der Waals surface area contributed by atoms with E-state index in [0.717, 1.165) is 42.6 Å². The van der Waals surface area contributed by atoms with E-state index in [1.54, 1.807) is 0 Å². The zero-order valence-electron chi connectivity index (χ0n) is 17.5. The summed E-state index contributed by atoms with van der Waals surface area (Å²) in [6, 6.07) is 16.1. The molecule has 6 heteroatoms. The lowest BCUT2D eigenvalue weighted by molar-refractivity contribution is -0.156. The van der Waals surface area contributed by atoms with Crippen molar-refractivity contribution in [3.63, 3.8) is 0 Å². The molecule has 0 aromatic heterocycles. The van der Waals surface area contributed by atoms with Crippen LogP contribution in [0.25, 0.3) is 0 Å². The summed E-state index contributed by atoms with van der Waals surface area (Å²) in [6.07, 6.45) is 5.40. The number of allylic oxidation sites excluding steroid dienone is 1. The number of hydrogen-bond acceptors (Lipinski definition) is 4. The third kappa shape index (κ3) is 5.87. The second-order valence-electron chi connectivity index (χ2n) is 8.11. The highest BCUT2D eigenvalue weighted by Gasteiger charge is 2.31. The Morgan fingerprint density at radius 2 is 1.71 bits per heavy atom. The SMILES string of the molecule is O=C(C1=C[C@@H](c2ccc(I)cc2)C[C@@H](OCc2ccc(CO)cc2)O1)N1CCCCC1. The van der Waals surface area contributed by atoms with Gasteiger partial charge in [-0.25, -0.2) is 0 Å². The van der Waals surface area contributed by atoms with Crippen LogP contribution in [-0.4, -0.2) is 35.3 Å². The van der Waals surface area contributed by atoms with Gasteiger partial charge in [0.2, 0.25) is 6.29 Å². The van der Waals surface area contributed by atoms with Crippen molar-refractivity contribution in [3.8, 4) is 0 Å². The van der Waals surface area contributed by atoms with Crippen molar-refractivity contribution in [1.29, 1.82) is 0 Å². The predicted molar refractivity (Wildman–Crippen MR) is 127 cm³/mol. The van der Waals surface area contributed by atoms with Crippen molar-refractivity contribution in [1.82, 2.24) is 4.90 Å². The highest BCUT2D eigenvalue weighted by atomic mass is 127. The standard InChI is InChI=1S/C25H28INO4/c26-22-10-8-20(9-11-22)21-14-23(25(29)27-12-2-1-3-13-27)31-24(15-21)30-17-19-6-4-18(16-28)5-7-19/h4-11,14,21,24,28H,1-3,12-13,15-17H2/t21-,24+/m1/s1. The minimum atomic E-state index is -0.490. The smallest absolute Gasteiger partial charge is 0.288 e. The minimum absolute atomic E-state index is 0.0251. The molecule has 0 saturated carbocycles. The molecule has 0 spiro atoms. The number of aliphatic hydroxyl groups is 1. The number of hydrogen-bond donors (Lipinski definition) is 1. The molecule has 2 atom stereocenters. The number of halogens is 1. The minimum Gasteiger partial charge on any atom is -0.459 e. The average molecular weight is 533 g/mol. The molecule has 0 unspecified atom stereocenters. The summed E-state index contributed by atoms with van der Waals surface area (Å²) in [4.78, 5) is 15.0. The summed E-state index contributed by atoms with van der Waals surface area (Å²) in [7, 11) is 0. The lowest BCUT2D eigenvalue weighted by atomic mass is 9.93. The number of rotatable bonds is 6. The largest absolute Gasteiger partial charge is 0.459 e. The second-order valence-corrected chi connectivity index (χ2v) is 9.36. The maximum Gasteiger partial charge on any atom is 0.288 e. The van der Waals surface area contributed by atoms with Crippen LogP contribution in [0.15, 0.2) is 60.4 Å². The van der Waals surface area contributed by atoms with Gasteiger partial charge in [-0.05, 0) is 76.8 Å². The predicted octanol–water partition coefficient (Wildman–Crippen LogP) is 4.73. The fourth-order valence-electron chi connectivity index (χ4n) is 4.04. The fourth-order valence-corrected chi connectivity index (χ4v) is 4.40. The highest BCUT2D eigenvalue weighted by Crippen LogP contribution is 2.33. The molecular formula is C25H28INO4. The normalized spacial score (nSPS) is 21.4. The Labute approximate surface area is 197 Å². The van der Waals surface area contributed by atoms with E-state index in [0.29, 0.717) is 18.8 Å². The van der Waals surface area contributed by atoms with Crippen LogP contribution in [0, 0.1) is 3.57 Å². The number of aliphatic hydroxyl groups excluding tert-OH is 1. The average Bonchev–Trinajstić information content (AvgIpc) is 2.83. The molecule has 4 rings (SSSR count). The molecule has 5 nitrogen and oxygen atoms in total. The molecule has 2 aromatic carbocycles. The third-order valence-electron chi connectivity index (χ3n) is 5.85. The Kier molecular flexibility index (Phi) is 7.63. The van der Waals surface area contributed by atoms with Gasteiger partial charge in [-0.1, -0.05) is 36.4 Å². The molecule has 2 aliphatic heterocycles. The van der Waals surface area contributed by atoms with Crippen LogP contribution in [-0.2, 0) is 27.5 Å². The van der Waals surface area contributed by atoms with Crippen molar-refractivity contribution in [2.45, 2.75) is 51.1 Å². The van der Waals surface area contributed by atoms with Gasteiger partial charge in [0.05, 0.1) is 13.2 Å². The first-order valence-corrected chi connectivity index (χ1v) is 11.9. The first-order valence-electron chi connectivity index (χ1n) is 10.9. The number of ether oxygens (including phenoxy) is 2. The monoisotopic (exact) mass is 533 g/mol. The van der Waals surface area contributed by atoms with Crippen LogP contribution in [0.2, 0.25) is 0 Å². The van der Waals surface area contributed by atoms with Gasteiger partial charge < -0.3 is 19.5 Å². The number of carbonyl (C=O) groups excluding carboxylic acids is 1. The van der Waals surface area contributed by atoms with Gasteiger partial charge in [0, 0.05) is 29.0 Å². The van der Waals surface area contributed by atoms with E-state index in [1.165, 1.54) is 9.99 Å². The van der Waals surface area contributed by atoms with E-state index in [2.05, 4.69) is 46.9 Å². The van der Waals surface area contributed by atoms with E-state index in [4.69, 9.17) is 9.47 Å². The summed E-state index contributed by atoms with van der Waals surface area (Å²) in [6.45, 7) is 1.99. The van der Waals surface area contributed by atoms with E-state index in [1.807, 2.05) is 35.2 Å². The Balaban J connectivity index is 1.49. The Morgan fingerprint density at radius 1 is 1.03 bits per heavy atom. The molecule has 0 bridgehead atoms. The fraction of sp³-hybridized carbons (Fsp3) is 0.400. The Morgan fingerprint density at radius 3 is 2.39 bits per heavy atom. The second kappa shape index (κ2) is 10.6. The molecule has 2 aliphatic rings. The quantitative estimate of drug-likeness (QED) is 0.546. The van der Waals surface area contributed by atoms with Crippen molar-refractivity contribution >= 4 is 28.5 Å². The zero-order chi connectivity index (χ0) is 21.6. The molecule has 1 amide bonds. The van der Waals surface area contributed by atoms with Gasteiger partial charge >= 0.3 is 0 Å². The lowest BCUT2D eigenvalue weighted by Crippen LogP contribution is -2.39. The molecule has 1 saturated heterocycles. The van der Waals surface area contributed by atoms with Crippen molar-refractivity contribution in [2.75, 3.05) is 13.1 Å². The van der Waals surface area contributed by atoms with Crippen LogP contribution >= 0.6 is 22.6 Å². The number of benzene rings is 2. The van der Waals surface area contributed by atoms with Crippen molar-refractivity contribution in [3.05, 3.63) is 80.6 Å². The first-order chi connectivity index (χ1) is 15.1. The van der Waals surface area contributed by atoms with Crippen LogP contribution in [0.3, 0.4) is 0 Å². The Bertz CT molecular complexity index is 904. The van der Waals surface area contributed by atoms with Gasteiger partial charge in [0.1, 0.15) is 0 Å². The van der Waals surface area contributed by atoms with Gasteiger partial charge in [-0.15, -0.1) is 0 Å². The molecule has 2 aromatic rings. The summed E-state index contributed by atoms with van der Waals surface area (Å²) in [5, 5.41) is 9.21. The van der Waals surface area contributed by atoms with Gasteiger partial charge in [-0.2, -0.15) is 0 Å². The molecule has 31 heavy (non-hydrogen) atoms. The molecule has 1 fully saturated rings. The lowest BCUT2D eigenvalue weighted by Gasteiger charge is -2.33. The van der Waals surface area contributed by atoms with Crippen LogP contribution in [0.4, 0.5) is 0 Å². The van der Waals surface area contributed by atoms with E-state index < -0.39 is 6.29 Å². The van der Waals surface area contributed by atoms with Gasteiger partial charge in [-0.3, -0.25) is 4.79 Å². The number of piperidine rings is 1. The van der Waals surface area contributed by atoms with E-state index in [-0.39, 0.29) is 18.4 Å². The highest BCUT2D eigenvalue weighted by molar-refractivity contribution is 14.1. The van der Waals surface area contributed by atoms with Gasteiger partial charge in [0.15, 0.2) is 5.76 Å². The van der Waals surface area contributed by atoms with Crippen molar-refractivity contribution < 1.29 is 19.4 Å².